The second kappa shape index (κ2) is 12.4. The Morgan fingerprint density at radius 3 is 2.47 bits per heavy atom. The molecule has 0 fully saturated rings. The first kappa shape index (κ1) is 26.6. The lowest BCUT2D eigenvalue weighted by atomic mass is 10.1. The minimum Gasteiger partial charge on any atom is -0.481 e. The summed E-state index contributed by atoms with van der Waals surface area (Å²) in [6, 6.07) is -2.22. The lowest BCUT2D eigenvalue weighted by Gasteiger charge is -2.23. The Kier molecular flexibility index (Phi) is 10.4. The number of nitrogens with one attached hydrogen (secondary N) is 4. The first-order valence-electron chi connectivity index (χ1n) is 10.2. The molecule has 1 aromatic rings. The fourth-order valence-corrected chi connectivity index (χ4v) is 2.78. The number of hydrogen-bond acceptors (Lipinski definition) is 9. The normalized spacial score (nSPS) is 12.7. The lowest BCUT2D eigenvalue weighted by Crippen LogP contribution is -2.49. The fourth-order valence-electron chi connectivity index (χ4n) is 2.78. The van der Waals surface area contributed by atoms with Gasteiger partial charge in [-0.1, -0.05) is 13.8 Å². The van der Waals surface area contributed by atoms with E-state index in [1.807, 2.05) is 6.92 Å². The fraction of sp³-hybridized carbons (Fsp3) is 0.550. The molecular formula is C20H31N7O5. The zero-order valence-electron chi connectivity index (χ0n) is 18.8. The van der Waals surface area contributed by atoms with Crippen molar-refractivity contribution in [2.24, 2.45) is 0 Å². The molecule has 0 bridgehead atoms. The maximum Gasteiger partial charge on any atom is 0.305 e. The Bertz CT molecular complexity index is 927. The van der Waals surface area contributed by atoms with Gasteiger partial charge in [0.1, 0.15) is 6.04 Å². The van der Waals surface area contributed by atoms with Gasteiger partial charge in [0.2, 0.25) is 5.91 Å². The molecule has 1 heterocycles. The third-order valence-electron chi connectivity index (χ3n) is 4.83. The number of Topliss-reactive ketones (excluding diaryl/α,β-unsaturated/α-hetero) is 1. The molecular weight excluding hydrogens is 418 g/mol. The number of ketones is 1. The second-order valence-corrected chi connectivity index (χ2v) is 7.33. The average molecular weight is 450 g/mol. The summed E-state index contributed by atoms with van der Waals surface area (Å²) in [4.78, 5) is 55.1. The van der Waals surface area contributed by atoms with E-state index < -0.39 is 41.7 Å². The molecule has 2 atom stereocenters. The number of carbonyl (C=O) groups is 3. The second-order valence-electron chi connectivity index (χ2n) is 7.33. The Morgan fingerprint density at radius 2 is 1.94 bits per heavy atom. The van der Waals surface area contributed by atoms with Crippen molar-refractivity contribution in [3.05, 3.63) is 22.7 Å². The van der Waals surface area contributed by atoms with Crippen molar-refractivity contribution >= 4 is 34.9 Å². The molecule has 0 saturated carbocycles. The maximum atomic E-state index is 12.9. The van der Waals surface area contributed by atoms with Gasteiger partial charge < -0.3 is 26.6 Å². The number of carboxylic acids is 1. The summed E-state index contributed by atoms with van der Waals surface area (Å²) in [6.45, 7) is 5.45. The molecule has 1 rings (SSSR count). The van der Waals surface area contributed by atoms with E-state index in [9.17, 15) is 19.2 Å². The van der Waals surface area contributed by atoms with Crippen molar-refractivity contribution in [2.45, 2.75) is 45.7 Å². The van der Waals surface area contributed by atoms with Gasteiger partial charge in [-0.2, -0.15) is 0 Å². The van der Waals surface area contributed by atoms with Crippen LogP contribution in [0, 0.1) is 10.8 Å². The molecule has 0 aliphatic rings. The van der Waals surface area contributed by atoms with E-state index in [1.165, 1.54) is 19.3 Å². The molecule has 176 valence electrons. The van der Waals surface area contributed by atoms with Gasteiger partial charge in [-0.05, 0) is 26.9 Å². The van der Waals surface area contributed by atoms with Crippen LogP contribution >= 0.6 is 0 Å². The summed E-state index contributed by atoms with van der Waals surface area (Å²) in [6.07, 6.45) is 2.28. The average Bonchev–Trinajstić information content (AvgIpc) is 2.73. The molecule has 5 N–H and O–H groups in total. The molecule has 32 heavy (non-hydrogen) atoms. The van der Waals surface area contributed by atoms with Crippen LogP contribution in [0.15, 0.2) is 17.2 Å². The topological polar surface area (TPSA) is 181 Å². The van der Waals surface area contributed by atoms with E-state index in [1.54, 1.807) is 18.9 Å². The van der Waals surface area contributed by atoms with Crippen molar-refractivity contribution < 1.29 is 19.5 Å². The first-order chi connectivity index (χ1) is 15.0. The monoisotopic (exact) mass is 449 g/mol. The minimum atomic E-state index is -1.23. The number of nitrogens with zero attached hydrogens (tertiary/aromatic N) is 3. The number of anilines is 1. The van der Waals surface area contributed by atoms with Crippen molar-refractivity contribution in [2.75, 3.05) is 32.0 Å². The highest BCUT2D eigenvalue weighted by atomic mass is 16.4. The van der Waals surface area contributed by atoms with Crippen molar-refractivity contribution in [3.63, 3.8) is 0 Å². The summed E-state index contributed by atoms with van der Waals surface area (Å²) < 4.78 is 1.14. The van der Waals surface area contributed by atoms with Gasteiger partial charge in [0.15, 0.2) is 11.6 Å². The predicted molar refractivity (Wildman–Crippen MR) is 120 cm³/mol. The van der Waals surface area contributed by atoms with Gasteiger partial charge in [-0.15, -0.1) is 0 Å². The molecule has 2 unspecified atom stereocenters. The molecule has 1 aromatic heterocycles. The Hall–Kier alpha value is -3.41. The summed E-state index contributed by atoms with van der Waals surface area (Å²) in [7, 11) is 1.71. The minimum absolute atomic E-state index is 0.0153. The van der Waals surface area contributed by atoms with Gasteiger partial charge in [-0.25, -0.2) is 4.98 Å². The van der Waals surface area contributed by atoms with Gasteiger partial charge in [-0.3, -0.25) is 28.6 Å². The quantitative estimate of drug-likeness (QED) is 0.249. The van der Waals surface area contributed by atoms with Crippen LogP contribution in [0.4, 0.5) is 5.82 Å². The molecule has 12 heteroatoms. The van der Waals surface area contributed by atoms with Crippen molar-refractivity contribution in [1.29, 1.82) is 10.8 Å². The highest BCUT2D eigenvalue weighted by molar-refractivity contribution is 6.40. The molecule has 0 saturated heterocycles. The van der Waals surface area contributed by atoms with Crippen molar-refractivity contribution in [1.82, 2.24) is 19.8 Å². The molecule has 12 nitrogen and oxygen atoms in total. The van der Waals surface area contributed by atoms with Gasteiger partial charge in [0, 0.05) is 12.4 Å². The van der Waals surface area contributed by atoms with Gasteiger partial charge >= 0.3 is 5.97 Å². The lowest BCUT2D eigenvalue weighted by molar-refractivity contribution is -0.140. The highest BCUT2D eigenvalue weighted by Crippen LogP contribution is 2.11. The first-order valence-corrected chi connectivity index (χ1v) is 10.2. The maximum absolute atomic E-state index is 12.9. The van der Waals surface area contributed by atoms with Crippen LogP contribution in [0.25, 0.3) is 0 Å². The Morgan fingerprint density at radius 1 is 1.28 bits per heavy atom. The van der Waals surface area contributed by atoms with E-state index >= 15 is 0 Å². The van der Waals surface area contributed by atoms with Crippen LogP contribution < -0.4 is 16.2 Å². The van der Waals surface area contributed by atoms with Crippen LogP contribution in [-0.4, -0.2) is 81.4 Å². The van der Waals surface area contributed by atoms with E-state index in [4.69, 9.17) is 15.9 Å². The number of aromatic nitrogens is 2. The third kappa shape index (κ3) is 7.69. The van der Waals surface area contributed by atoms with E-state index in [0.29, 0.717) is 6.54 Å². The zero-order valence-corrected chi connectivity index (χ0v) is 18.8. The number of aliphatic carboxylic acids is 1. The number of carboxylic acid groups (broad SMARTS) is 1. The molecule has 0 spiro atoms. The smallest absolute Gasteiger partial charge is 0.305 e. The molecule has 0 radical (unpaired) electrons. The number of rotatable bonds is 14. The van der Waals surface area contributed by atoms with Crippen LogP contribution in [-0.2, 0) is 14.4 Å². The zero-order chi connectivity index (χ0) is 24.4. The van der Waals surface area contributed by atoms with Crippen molar-refractivity contribution in [3.8, 4) is 0 Å². The summed E-state index contributed by atoms with van der Waals surface area (Å²) in [5.74, 6) is -2.42. The Balaban J connectivity index is 3.09. The predicted octanol–water partition coefficient (Wildman–Crippen LogP) is 0.146. The molecule has 1 amide bonds. The van der Waals surface area contributed by atoms with E-state index in [2.05, 4.69) is 15.6 Å². The third-order valence-corrected chi connectivity index (χ3v) is 4.83. The van der Waals surface area contributed by atoms with Crippen LogP contribution in [0.5, 0.6) is 0 Å². The number of carbonyl (C=O) groups excluding carboxylic acids is 2. The van der Waals surface area contributed by atoms with E-state index in [0.717, 1.165) is 4.57 Å². The van der Waals surface area contributed by atoms with Crippen LogP contribution in [0.3, 0.4) is 0 Å². The largest absolute Gasteiger partial charge is 0.481 e. The van der Waals surface area contributed by atoms with Gasteiger partial charge in [0.25, 0.3) is 5.56 Å². The molecule has 0 aliphatic heterocycles. The number of hydrogen-bond donors (Lipinski definition) is 5. The Labute approximate surface area is 186 Å². The number of amides is 1. The van der Waals surface area contributed by atoms with Gasteiger partial charge in [0.05, 0.1) is 37.0 Å². The molecule has 0 aromatic carbocycles. The summed E-state index contributed by atoms with van der Waals surface area (Å²) in [5, 5.41) is 29.4. The standard InChI is InChI=1S/C20H31N7O5/c1-5-15(19(31)25-14(9-17(29)30)16(28)11-26(4)6-2)27-8-7-23-18(20(27)32)24-10-13(22)12(3)21/h7-8,14-15,21-22H,5-6,9-11H2,1-4H3,(H,23,24)(H,25,31)(H,29,30). The number of likely N-dealkylation sites (N-methyl/N-ethyl adjacent to an activating group) is 1. The summed E-state index contributed by atoms with van der Waals surface area (Å²) >= 11 is 0. The van der Waals surface area contributed by atoms with Crippen LogP contribution in [0.1, 0.15) is 39.7 Å². The summed E-state index contributed by atoms with van der Waals surface area (Å²) in [5.41, 5.74) is -0.586. The highest BCUT2D eigenvalue weighted by Gasteiger charge is 2.28. The van der Waals surface area contributed by atoms with E-state index in [-0.39, 0.29) is 36.8 Å². The molecule has 0 aliphatic carbocycles. The van der Waals surface area contributed by atoms with Crippen LogP contribution in [0.2, 0.25) is 0 Å². The SMILES string of the molecule is CCC(C(=O)NC(CC(=O)O)C(=O)CN(C)CC)n1ccnc(NCC(=N)C(C)=N)c1=O.